The lowest BCUT2D eigenvalue weighted by atomic mass is 10.3. The molecule has 0 unspecified atom stereocenters. The number of rotatable bonds is 3. The van der Waals surface area contributed by atoms with Gasteiger partial charge in [0.1, 0.15) is 6.04 Å². The molecule has 9 heavy (non-hydrogen) atoms. The topological polar surface area (TPSA) is 72.5 Å². The quantitative estimate of drug-likeness (QED) is 0.509. The lowest BCUT2D eigenvalue weighted by molar-refractivity contribution is -0.137. The monoisotopic (exact) mass is 131 g/mol. The average molecular weight is 131 g/mol. The first-order valence-corrected chi connectivity index (χ1v) is 2.36. The largest absolute Gasteiger partial charge is 0.505 e. The Bertz CT molecular complexity index is 121. The number of carbonyl (C=O) groups is 1. The van der Waals surface area contributed by atoms with Gasteiger partial charge in [0.25, 0.3) is 0 Å². The van der Waals surface area contributed by atoms with Crippen LogP contribution in [0.3, 0.4) is 0 Å². The summed E-state index contributed by atoms with van der Waals surface area (Å²) in [4.78, 5) is 9.97. The maximum absolute atomic E-state index is 9.97. The van der Waals surface area contributed by atoms with E-state index in [1.807, 2.05) is 0 Å². The van der Waals surface area contributed by atoms with Crippen LogP contribution in [0.15, 0.2) is 12.3 Å². The molecule has 0 heterocycles. The van der Waals surface area contributed by atoms with E-state index in [0.29, 0.717) is 0 Å². The summed E-state index contributed by atoms with van der Waals surface area (Å²) in [5.74, 6) is -1.07. The van der Waals surface area contributed by atoms with Crippen molar-refractivity contribution in [2.24, 2.45) is 5.73 Å². The van der Waals surface area contributed by atoms with Gasteiger partial charge in [-0.15, -0.1) is 0 Å². The van der Waals surface area contributed by atoms with Crippen molar-refractivity contribution in [2.45, 2.75) is 6.04 Å². The third kappa shape index (κ3) is 3.54. The van der Waals surface area contributed by atoms with Gasteiger partial charge in [0.05, 0.1) is 13.4 Å². The zero-order valence-electron chi connectivity index (χ0n) is 5.07. The van der Waals surface area contributed by atoms with E-state index in [1.165, 1.54) is 19.4 Å². The standard InChI is InChI=1S/C5H9NO3/c1-9-3-2-4(6)5(7)8/h2-4H,6H2,1H3,(H,7,8)/b3-2+/t4-/m1/s1. The van der Waals surface area contributed by atoms with Gasteiger partial charge in [-0.1, -0.05) is 0 Å². The summed E-state index contributed by atoms with van der Waals surface area (Å²) in [6.07, 6.45) is 2.49. The van der Waals surface area contributed by atoms with Crippen molar-refractivity contribution in [3.63, 3.8) is 0 Å². The van der Waals surface area contributed by atoms with Gasteiger partial charge in [0, 0.05) is 0 Å². The zero-order chi connectivity index (χ0) is 7.28. The van der Waals surface area contributed by atoms with E-state index in [9.17, 15) is 4.79 Å². The second kappa shape index (κ2) is 3.91. The molecule has 0 fully saturated rings. The van der Waals surface area contributed by atoms with E-state index in [0.717, 1.165) is 0 Å². The Hall–Kier alpha value is -1.03. The molecular formula is C5H9NO3. The molecule has 0 aliphatic carbocycles. The van der Waals surface area contributed by atoms with Crippen LogP contribution in [-0.4, -0.2) is 24.2 Å². The Morgan fingerprint density at radius 3 is 2.78 bits per heavy atom. The minimum absolute atomic E-state index is 0.968. The zero-order valence-corrected chi connectivity index (χ0v) is 5.07. The number of ether oxygens (including phenoxy) is 1. The highest BCUT2D eigenvalue weighted by Gasteiger charge is 2.04. The highest BCUT2D eigenvalue weighted by molar-refractivity contribution is 5.75. The molecule has 0 aliphatic rings. The van der Waals surface area contributed by atoms with E-state index in [1.54, 1.807) is 0 Å². The fourth-order valence-electron chi connectivity index (χ4n) is 0.246. The number of methoxy groups -OCH3 is 1. The molecule has 0 amide bonds. The molecule has 0 bridgehead atoms. The molecule has 3 N–H and O–H groups in total. The average Bonchev–Trinajstić information content (AvgIpc) is 1.82. The van der Waals surface area contributed by atoms with E-state index in [-0.39, 0.29) is 0 Å². The number of aliphatic carboxylic acids is 1. The number of carboxylic acid groups (broad SMARTS) is 1. The van der Waals surface area contributed by atoms with Gasteiger partial charge < -0.3 is 15.6 Å². The lowest BCUT2D eigenvalue weighted by Gasteiger charge is -1.95. The molecule has 1 atom stereocenters. The Balaban J connectivity index is 3.62. The van der Waals surface area contributed by atoms with Crippen molar-refractivity contribution in [1.29, 1.82) is 0 Å². The predicted octanol–water partition coefficient (Wildman–Crippen LogP) is -0.442. The molecule has 0 saturated carbocycles. The highest BCUT2D eigenvalue weighted by Crippen LogP contribution is 1.81. The first-order chi connectivity index (χ1) is 4.18. The Labute approximate surface area is 52.9 Å². The summed E-state index contributed by atoms with van der Waals surface area (Å²) in [6, 6.07) is -0.968. The molecule has 0 aromatic carbocycles. The molecule has 0 aromatic heterocycles. The van der Waals surface area contributed by atoms with Crippen LogP contribution in [-0.2, 0) is 9.53 Å². The molecule has 4 nitrogen and oxygen atoms in total. The summed E-state index contributed by atoms with van der Waals surface area (Å²) in [7, 11) is 1.42. The first-order valence-electron chi connectivity index (χ1n) is 2.36. The van der Waals surface area contributed by atoms with Gasteiger partial charge in [-0.3, -0.25) is 4.79 Å². The summed E-state index contributed by atoms with van der Waals surface area (Å²) in [6.45, 7) is 0. The molecule has 0 spiro atoms. The molecule has 52 valence electrons. The molecule has 0 radical (unpaired) electrons. The van der Waals surface area contributed by atoms with Crippen molar-refractivity contribution < 1.29 is 14.6 Å². The van der Waals surface area contributed by atoms with E-state index >= 15 is 0 Å². The number of hydrogen-bond donors (Lipinski definition) is 2. The Morgan fingerprint density at radius 1 is 1.89 bits per heavy atom. The molecule has 0 rings (SSSR count). The SMILES string of the molecule is CO/C=C/[C@@H](N)C(=O)O. The van der Waals surface area contributed by atoms with E-state index in [2.05, 4.69) is 4.74 Å². The van der Waals surface area contributed by atoms with Crippen LogP contribution >= 0.6 is 0 Å². The van der Waals surface area contributed by atoms with Crippen LogP contribution < -0.4 is 5.73 Å². The fourth-order valence-corrected chi connectivity index (χ4v) is 0.246. The highest BCUT2D eigenvalue weighted by atomic mass is 16.5. The molecule has 0 aliphatic heterocycles. The molecular weight excluding hydrogens is 122 g/mol. The van der Waals surface area contributed by atoms with Crippen molar-refractivity contribution in [1.82, 2.24) is 0 Å². The summed E-state index contributed by atoms with van der Waals surface area (Å²) >= 11 is 0. The van der Waals surface area contributed by atoms with Crippen molar-refractivity contribution in [3.8, 4) is 0 Å². The van der Waals surface area contributed by atoms with Crippen LogP contribution in [0.4, 0.5) is 0 Å². The minimum Gasteiger partial charge on any atom is -0.505 e. The van der Waals surface area contributed by atoms with Crippen LogP contribution in [0.1, 0.15) is 0 Å². The molecule has 0 saturated heterocycles. The third-order valence-electron chi connectivity index (χ3n) is 0.707. The van der Waals surface area contributed by atoms with Crippen LogP contribution in [0.2, 0.25) is 0 Å². The maximum atomic E-state index is 9.97. The predicted molar refractivity (Wildman–Crippen MR) is 31.8 cm³/mol. The van der Waals surface area contributed by atoms with Crippen LogP contribution in [0.25, 0.3) is 0 Å². The van der Waals surface area contributed by atoms with Crippen molar-refractivity contribution in [3.05, 3.63) is 12.3 Å². The minimum atomic E-state index is -1.07. The molecule has 0 aromatic rings. The van der Waals surface area contributed by atoms with Crippen molar-refractivity contribution >= 4 is 5.97 Å². The van der Waals surface area contributed by atoms with Crippen molar-refractivity contribution in [2.75, 3.05) is 7.11 Å². The Kier molecular flexibility index (Phi) is 3.46. The summed E-state index contributed by atoms with van der Waals surface area (Å²) < 4.78 is 4.44. The van der Waals surface area contributed by atoms with Gasteiger partial charge in [-0.05, 0) is 6.08 Å². The van der Waals surface area contributed by atoms with Gasteiger partial charge in [0.2, 0.25) is 0 Å². The maximum Gasteiger partial charge on any atom is 0.324 e. The number of carboxylic acids is 1. The number of nitrogens with two attached hydrogens (primary N) is 1. The lowest BCUT2D eigenvalue weighted by Crippen LogP contribution is -2.27. The fraction of sp³-hybridized carbons (Fsp3) is 0.400. The smallest absolute Gasteiger partial charge is 0.324 e. The summed E-state index contributed by atoms with van der Waals surface area (Å²) in [5.41, 5.74) is 5.04. The normalized spacial score (nSPS) is 13.6. The first kappa shape index (κ1) is 7.97. The van der Waals surface area contributed by atoms with Crippen LogP contribution in [0, 0.1) is 0 Å². The number of hydrogen-bond acceptors (Lipinski definition) is 3. The van der Waals surface area contributed by atoms with Gasteiger partial charge in [-0.2, -0.15) is 0 Å². The van der Waals surface area contributed by atoms with Crippen LogP contribution in [0.5, 0.6) is 0 Å². The van der Waals surface area contributed by atoms with Gasteiger partial charge in [-0.25, -0.2) is 0 Å². The third-order valence-corrected chi connectivity index (χ3v) is 0.707. The summed E-state index contributed by atoms with van der Waals surface area (Å²) in [5, 5.41) is 8.18. The second-order valence-electron chi connectivity index (χ2n) is 1.43. The van der Waals surface area contributed by atoms with Gasteiger partial charge in [0.15, 0.2) is 0 Å². The van der Waals surface area contributed by atoms with Gasteiger partial charge >= 0.3 is 5.97 Å². The van der Waals surface area contributed by atoms with E-state index in [4.69, 9.17) is 10.8 Å². The second-order valence-corrected chi connectivity index (χ2v) is 1.43. The van der Waals surface area contributed by atoms with E-state index < -0.39 is 12.0 Å². The molecule has 4 heteroatoms. The Morgan fingerprint density at radius 2 is 2.44 bits per heavy atom.